The van der Waals surface area contributed by atoms with E-state index in [-0.39, 0.29) is 12.7 Å². The van der Waals surface area contributed by atoms with Gasteiger partial charge in [0.05, 0.1) is 52.7 Å². The highest BCUT2D eigenvalue weighted by Gasteiger charge is 2.21. The summed E-state index contributed by atoms with van der Waals surface area (Å²) in [5.41, 5.74) is 1.56. The van der Waals surface area contributed by atoms with Crippen molar-refractivity contribution in [3.8, 4) is 11.8 Å². The topological polar surface area (TPSA) is 125 Å². The Labute approximate surface area is 204 Å². The molecular weight excluding hydrogens is 479 g/mol. The minimum absolute atomic E-state index is 0.0441. The predicted molar refractivity (Wildman–Crippen MR) is 128 cm³/mol. The molecule has 10 nitrogen and oxygen atoms in total. The number of aliphatic hydroxyl groups excluding tert-OH is 1. The van der Waals surface area contributed by atoms with Crippen LogP contribution in [0.25, 0.3) is 16.6 Å². The van der Waals surface area contributed by atoms with Gasteiger partial charge in [-0.1, -0.05) is 23.2 Å². The number of benzene rings is 1. The first kappa shape index (κ1) is 22.3. The van der Waals surface area contributed by atoms with Crippen LogP contribution >= 0.6 is 23.2 Å². The van der Waals surface area contributed by atoms with Gasteiger partial charge in [0.2, 0.25) is 0 Å². The third-order valence-electron chi connectivity index (χ3n) is 5.39. The maximum Gasteiger partial charge on any atom is 0.137 e. The largest absolute Gasteiger partial charge is 0.394 e. The summed E-state index contributed by atoms with van der Waals surface area (Å²) in [7, 11) is 0. The normalized spacial score (nSPS) is 15.9. The van der Waals surface area contributed by atoms with E-state index in [4.69, 9.17) is 33.2 Å². The summed E-state index contributed by atoms with van der Waals surface area (Å²) >= 11 is 12.8. The van der Waals surface area contributed by atoms with E-state index in [0.29, 0.717) is 52.6 Å². The van der Waals surface area contributed by atoms with Crippen LogP contribution in [0.3, 0.4) is 0 Å². The molecule has 4 aromatic rings. The van der Waals surface area contributed by atoms with E-state index in [1.807, 2.05) is 23.1 Å². The second-order valence-electron chi connectivity index (χ2n) is 7.59. The Morgan fingerprint density at radius 3 is 2.68 bits per heavy atom. The number of rotatable bonds is 5. The van der Waals surface area contributed by atoms with Crippen molar-refractivity contribution in [1.29, 1.82) is 5.26 Å². The van der Waals surface area contributed by atoms with Crippen LogP contribution in [0.5, 0.6) is 0 Å². The van der Waals surface area contributed by atoms with Crippen LogP contribution in [-0.4, -0.2) is 62.2 Å². The number of halogens is 2. The van der Waals surface area contributed by atoms with Crippen molar-refractivity contribution < 1.29 is 9.84 Å². The molecule has 5 rings (SSSR count). The maximum atomic E-state index is 9.40. The second-order valence-corrected chi connectivity index (χ2v) is 8.41. The number of hydrogen-bond donors (Lipinski definition) is 2. The number of nitrogens with zero attached hydrogens (tertiary/aromatic N) is 7. The SMILES string of the molecule is N#Cc1cc(Cl)c(-n2ncc3cnc(Nc4cc(N5CCO[C@@H](CO)C5)ncn4)cc32)c(Cl)c1. The lowest BCUT2D eigenvalue weighted by Crippen LogP contribution is -2.44. The fraction of sp³-hybridized carbons (Fsp3) is 0.227. The van der Waals surface area contributed by atoms with Gasteiger partial charge in [-0.2, -0.15) is 10.4 Å². The summed E-state index contributed by atoms with van der Waals surface area (Å²) in [5.74, 6) is 1.82. The fourth-order valence-electron chi connectivity index (χ4n) is 3.76. The average Bonchev–Trinajstić information content (AvgIpc) is 3.26. The van der Waals surface area contributed by atoms with Crippen LogP contribution < -0.4 is 10.2 Å². The molecule has 1 aliphatic heterocycles. The number of morpholine rings is 1. The molecular formula is C22H18Cl2N8O2. The van der Waals surface area contributed by atoms with E-state index in [1.165, 1.54) is 6.33 Å². The lowest BCUT2D eigenvalue weighted by Gasteiger charge is -2.32. The number of ether oxygens (including phenoxy) is 1. The molecule has 0 radical (unpaired) electrons. The lowest BCUT2D eigenvalue weighted by atomic mass is 10.2. The molecule has 0 saturated carbocycles. The molecule has 0 bridgehead atoms. The van der Waals surface area contributed by atoms with Crippen LogP contribution in [0.4, 0.5) is 17.5 Å². The van der Waals surface area contributed by atoms with Gasteiger partial charge in [0.1, 0.15) is 29.5 Å². The molecule has 34 heavy (non-hydrogen) atoms. The molecule has 172 valence electrons. The Hall–Kier alpha value is -3.49. The zero-order valence-electron chi connectivity index (χ0n) is 17.7. The molecule has 1 aliphatic rings. The molecule has 0 aliphatic carbocycles. The molecule has 0 unspecified atom stereocenters. The summed E-state index contributed by atoms with van der Waals surface area (Å²) in [6, 6.07) is 8.76. The molecule has 1 saturated heterocycles. The van der Waals surface area contributed by atoms with Crippen molar-refractivity contribution in [3.05, 3.63) is 58.6 Å². The highest BCUT2D eigenvalue weighted by molar-refractivity contribution is 6.38. The number of aliphatic hydroxyl groups is 1. The van der Waals surface area contributed by atoms with E-state index in [0.717, 1.165) is 16.7 Å². The van der Waals surface area contributed by atoms with Crippen molar-refractivity contribution in [2.45, 2.75) is 6.10 Å². The predicted octanol–water partition coefficient (Wildman–Crippen LogP) is 3.33. The Morgan fingerprint density at radius 2 is 1.91 bits per heavy atom. The number of aromatic nitrogens is 5. The van der Waals surface area contributed by atoms with Gasteiger partial charge >= 0.3 is 0 Å². The summed E-state index contributed by atoms with van der Waals surface area (Å²) in [6.45, 7) is 1.68. The molecule has 1 aromatic carbocycles. The number of hydrogen-bond acceptors (Lipinski definition) is 9. The molecule has 4 heterocycles. The van der Waals surface area contributed by atoms with Crippen LogP contribution in [0.2, 0.25) is 10.0 Å². The molecule has 12 heteroatoms. The van der Waals surface area contributed by atoms with E-state index >= 15 is 0 Å². The summed E-state index contributed by atoms with van der Waals surface area (Å²) < 4.78 is 7.12. The van der Waals surface area contributed by atoms with Crippen molar-refractivity contribution >= 4 is 51.6 Å². The first-order valence-electron chi connectivity index (χ1n) is 10.4. The lowest BCUT2D eigenvalue weighted by molar-refractivity contribution is 0.00336. The van der Waals surface area contributed by atoms with Gasteiger partial charge in [-0.05, 0) is 12.1 Å². The van der Waals surface area contributed by atoms with Crippen molar-refractivity contribution in [1.82, 2.24) is 24.7 Å². The first-order valence-corrected chi connectivity index (χ1v) is 11.1. The minimum Gasteiger partial charge on any atom is -0.394 e. The maximum absolute atomic E-state index is 9.40. The monoisotopic (exact) mass is 496 g/mol. The average molecular weight is 497 g/mol. The number of fused-ring (bicyclic) bond motifs is 1. The van der Waals surface area contributed by atoms with E-state index in [2.05, 4.69) is 25.4 Å². The van der Waals surface area contributed by atoms with E-state index in [1.54, 1.807) is 29.2 Å². The number of nitrogens with one attached hydrogen (secondary N) is 1. The Bertz CT molecular complexity index is 1380. The number of pyridine rings is 1. The van der Waals surface area contributed by atoms with E-state index < -0.39 is 0 Å². The van der Waals surface area contributed by atoms with Gasteiger partial charge in [0.15, 0.2) is 0 Å². The van der Waals surface area contributed by atoms with E-state index in [9.17, 15) is 5.11 Å². The number of nitriles is 1. The Morgan fingerprint density at radius 1 is 1.12 bits per heavy atom. The van der Waals surface area contributed by atoms with Gasteiger partial charge in [-0.25, -0.2) is 19.6 Å². The molecule has 0 amide bonds. The summed E-state index contributed by atoms with van der Waals surface area (Å²) in [4.78, 5) is 15.1. The fourth-order valence-corrected chi connectivity index (χ4v) is 4.40. The molecule has 1 fully saturated rings. The zero-order valence-corrected chi connectivity index (χ0v) is 19.2. The molecule has 2 N–H and O–H groups in total. The third kappa shape index (κ3) is 4.34. The minimum atomic E-state index is -0.245. The van der Waals surface area contributed by atoms with Crippen molar-refractivity contribution in [2.75, 3.05) is 36.5 Å². The van der Waals surface area contributed by atoms with Gasteiger partial charge in [-0.3, -0.25) is 0 Å². The quantitative estimate of drug-likeness (QED) is 0.427. The van der Waals surface area contributed by atoms with Crippen molar-refractivity contribution in [2.24, 2.45) is 0 Å². The van der Waals surface area contributed by atoms with Gasteiger partial charge in [-0.15, -0.1) is 0 Å². The third-order valence-corrected chi connectivity index (χ3v) is 5.96. The standard InChI is InChI=1S/C22H18Cl2N8O2/c23-16-3-13(7-25)4-17(24)22(16)32-18-5-19(26-8-14(18)9-29-32)30-20-6-21(28-12-27-20)31-1-2-34-15(10-31)11-33/h3-6,8-9,12,15,33H,1-2,10-11H2,(H,26,27,28,30)/t15-/m1/s1. The Kier molecular flexibility index (Phi) is 6.17. The molecule has 1 atom stereocenters. The zero-order chi connectivity index (χ0) is 23.7. The van der Waals surface area contributed by atoms with Crippen LogP contribution in [0.1, 0.15) is 5.56 Å². The smallest absolute Gasteiger partial charge is 0.137 e. The highest BCUT2D eigenvalue weighted by Crippen LogP contribution is 2.32. The van der Waals surface area contributed by atoms with Crippen molar-refractivity contribution in [3.63, 3.8) is 0 Å². The summed E-state index contributed by atoms with van der Waals surface area (Å²) in [6.07, 6.45) is 4.57. The van der Waals surface area contributed by atoms with Crippen LogP contribution in [-0.2, 0) is 4.74 Å². The summed E-state index contributed by atoms with van der Waals surface area (Å²) in [5, 5.41) is 27.6. The Balaban J connectivity index is 1.45. The van der Waals surface area contributed by atoms with Gasteiger partial charge < -0.3 is 20.1 Å². The van der Waals surface area contributed by atoms with Crippen LogP contribution in [0.15, 0.2) is 43.0 Å². The second kappa shape index (κ2) is 9.40. The molecule has 3 aromatic heterocycles. The van der Waals surface area contributed by atoms with Crippen LogP contribution in [0, 0.1) is 11.3 Å². The first-order chi connectivity index (χ1) is 16.6. The highest BCUT2D eigenvalue weighted by atomic mass is 35.5. The van der Waals surface area contributed by atoms with Gasteiger partial charge in [0.25, 0.3) is 0 Å². The number of anilines is 3. The molecule has 0 spiro atoms. The van der Waals surface area contributed by atoms with Gasteiger partial charge in [0, 0.05) is 36.8 Å².